The topological polar surface area (TPSA) is 77.6 Å². The summed E-state index contributed by atoms with van der Waals surface area (Å²) < 4.78 is 0. The summed E-state index contributed by atoms with van der Waals surface area (Å²) in [6, 6.07) is 41.8. The van der Waals surface area contributed by atoms with Crippen LogP contribution in [0.2, 0.25) is 0 Å². The number of benzene rings is 4. The molecule has 8 bridgehead atoms. The minimum absolute atomic E-state index is 0.216. The SMILES string of the molecule is Cc1ccc(-c2c3nc(c(-c4ccc(C)cc4)c4ccc([nH]4)c(-c4ccc(O)cc4)c4nc(c(-c5ccc(C)cc5)c5ccc2[nH]5)C=C4)C=C3)cc1. The highest BCUT2D eigenvalue weighted by molar-refractivity contribution is 5.99. The van der Waals surface area contributed by atoms with Gasteiger partial charge in [0.25, 0.3) is 0 Å². The van der Waals surface area contributed by atoms with Crippen LogP contribution in [-0.4, -0.2) is 25.0 Å². The molecule has 5 heteroatoms. The minimum Gasteiger partial charge on any atom is -0.508 e. The third-order valence-corrected chi connectivity index (χ3v) is 9.93. The van der Waals surface area contributed by atoms with Gasteiger partial charge in [0.2, 0.25) is 0 Å². The number of nitrogens with one attached hydrogen (secondary N) is 2. The highest BCUT2D eigenvalue weighted by Gasteiger charge is 2.19. The summed E-state index contributed by atoms with van der Waals surface area (Å²) in [5.74, 6) is 0.216. The number of phenols is 1. The van der Waals surface area contributed by atoms with E-state index >= 15 is 0 Å². The molecule has 7 aromatic rings. The molecule has 2 aliphatic rings. The summed E-state index contributed by atoms with van der Waals surface area (Å²) in [5, 5.41) is 10.2. The lowest BCUT2D eigenvalue weighted by molar-refractivity contribution is 0.475. The maximum atomic E-state index is 10.2. The van der Waals surface area contributed by atoms with Crippen molar-refractivity contribution in [2.45, 2.75) is 20.8 Å². The predicted octanol–water partition coefficient (Wildman–Crippen LogP) is 12.0. The first-order valence-corrected chi connectivity index (χ1v) is 17.5. The normalized spacial score (nSPS) is 12.1. The van der Waals surface area contributed by atoms with Crippen molar-refractivity contribution >= 4 is 46.4 Å². The van der Waals surface area contributed by atoms with Gasteiger partial charge in [0.05, 0.1) is 22.8 Å². The Balaban J connectivity index is 1.47. The minimum atomic E-state index is 0.216. The number of nitrogens with zero attached hydrogens (tertiary/aromatic N) is 2. The molecule has 0 fully saturated rings. The fraction of sp³-hybridized carbons (Fsp3) is 0.0638. The Morgan fingerprint density at radius 1 is 0.346 bits per heavy atom. The van der Waals surface area contributed by atoms with Crippen LogP contribution in [0.4, 0.5) is 0 Å². The third-order valence-electron chi connectivity index (χ3n) is 9.93. The van der Waals surface area contributed by atoms with Crippen LogP contribution in [0, 0.1) is 20.8 Å². The second-order valence-electron chi connectivity index (χ2n) is 13.6. The van der Waals surface area contributed by atoms with E-state index in [4.69, 9.17) is 9.97 Å². The molecular weight excluding hydrogens is 637 g/mol. The summed E-state index contributed by atoms with van der Waals surface area (Å²) in [7, 11) is 0. The van der Waals surface area contributed by atoms with E-state index in [1.54, 1.807) is 12.1 Å². The smallest absolute Gasteiger partial charge is 0.115 e. The first kappa shape index (κ1) is 31.3. The highest BCUT2D eigenvalue weighted by Crippen LogP contribution is 2.38. The van der Waals surface area contributed by atoms with Crippen molar-refractivity contribution in [3.63, 3.8) is 0 Å². The Morgan fingerprint density at radius 2 is 0.596 bits per heavy atom. The van der Waals surface area contributed by atoms with Crippen LogP contribution in [0.25, 0.3) is 90.9 Å². The molecule has 52 heavy (non-hydrogen) atoms. The molecule has 0 amide bonds. The first-order chi connectivity index (χ1) is 25.4. The van der Waals surface area contributed by atoms with Gasteiger partial charge in [-0.25, -0.2) is 9.97 Å². The zero-order valence-corrected chi connectivity index (χ0v) is 29.2. The molecular formula is C47H36N4O. The Labute approximate surface area is 302 Å². The molecule has 0 unspecified atom stereocenters. The standard InChI is InChI=1S/C47H36N4O/c1-28-4-10-31(11-5-28)44-36-20-22-38(48-36)45(32-12-6-29(2)7-13-32)40-24-26-42(50-40)47(34-16-18-35(52)19-17-34)43-27-25-41(51-43)46(39-23-21-37(44)49-39)33-14-8-30(3)9-15-33/h4-27,48,51-52H,1-3H3. The molecule has 3 aromatic heterocycles. The van der Waals surface area contributed by atoms with Crippen LogP contribution in [0.1, 0.15) is 39.5 Å². The number of fused-ring (bicyclic) bond motifs is 8. The molecule has 0 aliphatic carbocycles. The maximum Gasteiger partial charge on any atom is 0.115 e. The van der Waals surface area contributed by atoms with Gasteiger partial charge in [0, 0.05) is 44.3 Å². The third kappa shape index (κ3) is 5.62. The highest BCUT2D eigenvalue weighted by atomic mass is 16.3. The Kier molecular flexibility index (Phi) is 7.55. The van der Waals surface area contributed by atoms with Crippen molar-refractivity contribution in [2.75, 3.05) is 0 Å². The summed E-state index contributed by atoms with van der Waals surface area (Å²) in [5.41, 5.74) is 19.0. The van der Waals surface area contributed by atoms with Gasteiger partial charge in [-0.1, -0.05) is 102 Å². The Hall–Kier alpha value is -6.72. The van der Waals surface area contributed by atoms with E-state index in [1.165, 1.54) is 16.7 Å². The van der Waals surface area contributed by atoms with Crippen molar-refractivity contribution < 1.29 is 5.11 Å². The summed E-state index contributed by atoms with van der Waals surface area (Å²) in [6.45, 7) is 6.32. The van der Waals surface area contributed by atoms with Gasteiger partial charge < -0.3 is 15.1 Å². The van der Waals surface area contributed by atoms with Crippen LogP contribution in [0.5, 0.6) is 5.75 Å². The van der Waals surface area contributed by atoms with E-state index in [0.29, 0.717) is 0 Å². The second-order valence-corrected chi connectivity index (χ2v) is 13.6. The molecule has 5 nitrogen and oxygen atoms in total. The van der Waals surface area contributed by atoms with Gasteiger partial charge in [-0.15, -0.1) is 0 Å². The van der Waals surface area contributed by atoms with E-state index in [0.717, 1.165) is 89.4 Å². The summed E-state index contributed by atoms with van der Waals surface area (Å²) in [6.07, 6.45) is 8.45. The molecule has 0 spiro atoms. The monoisotopic (exact) mass is 672 g/mol. The first-order valence-electron chi connectivity index (χ1n) is 17.5. The number of H-pyrrole nitrogens is 2. The number of rotatable bonds is 4. The number of aromatic nitrogens is 4. The molecule has 2 aliphatic heterocycles. The molecule has 4 aromatic carbocycles. The van der Waals surface area contributed by atoms with Crippen molar-refractivity contribution in [3.05, 3.63) is 161 Å². The number of phenolic OH excluding ortho intramolecular Hbond substituents is 1. The number of aromatic amines is 2. The molecule has 3 N–H and O–H groups in total. The Morgan fingerprint density at radius 3 is 0.865 bits per heavy atom. The van der Waals surface area contributed by atoms with Crippen LogP contribution in [-0.2, 0) is 0 Å². The average molecular weight is 673 g/mol. The van der Waals surface area contributed by atoms with Crippen LogP contribution in [0.3, 0.4) is 0 Å². The molecule has 0 saturated heterocycles. The lowest BCUT2D eigenvalue weighted by atomic mass is 10.0. The maximum absolute atomic E-state index is 10.2. The van der Waals surface area contributed by atoms with E-state index in [-0.39, 0.29) is 5.75 Å². The van der Waals surface area contributed by atoms with Crippen molar-refractivity contribution in [3.8, 4) is 50.3 Å². The average Bonchev–Trinajstić information content (AvgIpc) is 3.99. The van der Waals surface area contributed by atoms with E-state index < -0.39 is 0 Å². The summed E-state index contributed by atoms with van der Waals surface area (Å²) in [4.78, 5) is 18.3. The summed E-state index contributed by atoms with van der Waals surface area (Å²) >= 11 is 0. The fourth-order valence-corrected chi connectivity index (χ4v) is 7.21. The number of hydrogen-bond donors (Lipinski definition) is 3. The van der Waals surface area contributed by atoms with Crippen LogP contribution >= 0.6 is 0 Å². The van der Waals surface area contributed by atoms with Gasteiger partial charge in [-0.2, -0.15) is 0 Å². The van der Waals surface area contributed by atoms with Crippen molar-refractivity contribution in [1.82, 2.24) is 19.9 Å². The van der Waals surface area contributed by atoms with Gasteiger partial charge in [0.15, 0.2) is 0 Å². The van der Waals surface area contributed by atoms with Gasteiger partial charge in [-0.3, -0.25) is 0 Å². The zero-order chi connectivity index (χ0) is 35.3. The number of aryl methyl sites for hydroxylation is 3. The lowest BCUT2D eigenvalue weighted by Crippen LogP contribution is -1.90. The van der Waals surface area contributed by atoms with Crippen molar-refractivity contribution in [1.29, 1.82) is 0 Å². The van der Waals surface area contributed by atoms with E-state index in [1.807, 2.05) is 12.1 Å². The molecule has 9 rings (SSSR count). The molecule has 5 heterocycles. The Bertz CT molecular complexity index is 2350. The largest absolute Gasteiger partial charge is 0.508 e. The number of aromatic hydroxyl groups is 1. The molecule has 0 radical (unpaired) electrons. The molecule has 0 atom stereocenters. The van der Waals surface area contributed by atoms with Gasteiger partial charge in [-0.05, 0) is 104 Å². The van der Waals surface area contributed by atoms with Gasteiger partial charge in [0.1, 0.15) is 5.75 Å². The lowest BCUT2D eigenvalue weighted by Gasteiger charge is -2.07. The second kappa shape index (κ2) is 12.6. The predicted molar refractivity (Wildman–Crippen MR) is 216 cm³/mol. The quantitative estimate of drug-likeness (QED) is 0.174. The molecule has 0 saturated carbocycles. The molecule has 250 valence electrons. The van der Waals surface area contributed by atoms with Crippen LogP contribution < -0.4 is 0 Å². The van der Waals surface area contributed by atoms with E-state index in [9.17, 15) is 5.11 Å². The number of hydrogen-bond acceptors (Lipinski definition) is 3. The van der Waals surface area contributed by atoms with Crippen LogP contribution in [0.15, 0.2) is 121 Å². The van der Waals surface area contributed by atoms with Gasteiger partial charge >= 0.3 is 0 Å². The fourth-order valence-electron chi connectivity index (χ4n) is 7.21. The van der Waals surface area contributed by atoms with E-state index in [2.05, 4.69) is 152 Å². The zero-order valence-electron chi connectivity index (χ0n) is 29.2. The van der Waals surface area contributed by atoms with Crippen molar-refractivity contribution in [2.24, 2.45) is 0 Å².